The van der Waals surface area contributed by atoms with Crippen LogP contribution in [0.3, 0.4) is 0 Å². The minimum absolute atomic E-state index is 0.209. The molecule has 1 aliphatic carbocycles. The highest BCUT2D eigenvalue weighted by Crippen LogP contribution is 2.57. The average Bonchev–Trinajstić information content (AvgIpc) is 2.62. The van der Waals surface area contributed by atoms with Crippen LogP contribution in [0.15, 0.2) is 0 Å². The fourth-order valence-electron chi connectivity index (χ4n) is 4.60. The predicted octanol–water partition coefficient (Wildman–Crippen LogP) is 4.19. The SMILES string of the molecule is CC#CC#CC1(CCCCCCCC)COC12CCCCC2C(N)=O. The summed E-state index contributed by atoms with van der Waals surface area (Å²) in [6, 6.07) is 0. The van der Waals surface area contributed by atoms with Crippen LogP contribution < -0.4 is 5.73 Å². The van der Waals surface area contributed by atoms with Crippen molar-refractivity contribution in [3.63, 3.8) is 0 Å². The Morgan fingerprint density at radius 1 is 1.16 bits per heavy atom. The Labute approximate surface area is 153 Å². The number of rotatable bonds is 8. The van der Waals surface area contributed by atoms with Gasteiger partial charge in [0.25, 0.3) is 0 Å². The molecule has 3 nitrogen and oxygen atoms in total. The Hall–Kier alpha value is -1.45. The van der Waals surface area contributed by atoms with Crippen LogP contribution in [0, 0.1) is 35.0 Å². The predicted molar refractivity (Wildman–Crippen MR) is 101 cm³/mol. The zero-order chi connectivity index (χ0) is 18.2. The Kier molecular flexibility index (Phi) is 7.39. The van der Waals surface area contributed by atoms with Gasteiger partial charge in [-0.25, -0.2) is 0 Å². The Morgan fingerprint density at radius 3 is 2.56 bits per heavy atom. The highest BCUT2D eigenvalue weighted by atomic mass is 16.5. The average molecular weight is 344 g/mol. The van der Waals surface area contributed by atoms with Crippen molar-refractivity contribution in [3.05, 3.63) is 0 Å². The van der Waals surface area contributed by atoms with E-state index in [2.05, 4.69) is 30.6 Å². The van der Waals surface area contributed by atoms with Crippen molar-refractivity contribution in [1.29, 1.82) is 0 Å². The molecule has 2 aliphatic rings. The Morgan fingerprint density at radius 2 is 1.92 bits per heavy atom. The van der Waals surface area contributed by atoms with Crippen LogP contribution in [0.4, 0.5) is 0 Å². The van der Waals surface area contributed by atoms with E-state index in [1.54, 1.807) is 6.92 Å². The topological polar surface area (TPSA) is 52.3 Å². The van der Waals surface area contributed by atoms with E-state index in [1.807, 2.05) is 0 Å². The van der Waals surface area contributed by atoms with Crippen LogP contribution in [0.5, 0.6) is 0 Å². The maximum Gasteiger partial charge on any atom is 0.223 e. The van der Waals surface area contributed by atoms with Crippen molar-refractivity contribution < 1.29 is 9.53 Å². The molecule has 1 saturated carbocycles. The first-order chi connectivity index (χ1) is 12.1. The zero-order valence-corrected chi connectivity index (χ0v) is 16.0. The number of carbonyl (C=O) groups excluding carboxylic acids is 1. The zero-order valence-electron chi connectivity index (χ0n) is 16.0. The summed E-state index contributed by atoms with van der Waals surface area (Å²) in [6.45, 7) is 4.65. The second-order valence-corrected chi connectivity index (χ2v) is 7.60. The molecule has 0 aromatic carbocycles. The van der Waals surface area contributed by atoms with Crippen molar-refractivity contribution in [3.8, 4) is 23.7 Å². The fraction of sp³-hybridized carbons (Fsp3) is 0.773. The van der Waals surface area contributed by atoms with Gasteiger partial charge in [0.05, 0.1) is 23.5 Å². The molecule has 25 heavy (non-hydrogen) atoms. The van der Waals surface area contributed by atoms with Crippen LogP contribution in [0.2, 0.25) is 0 Å². The number of hydrogen-bond acceptors (Lipinski definition) is 2. The summed E-state index contributed by atoms with van der Waals surface area (Å²) in [6.07, 6.45) is 12.4. The van der Waals surface area contributed by atoms with Gasteiger partial charge in [0.2, 0.25) is 5.91 Å². The molecule has 2 rings (SSSR count). The molecule has 2 fully saturated rings. The smallest absolute Gasteiger partial charge is 0.223 e. The van der Waals surface area contributed by atoms with Crippen molar-refractivity contribution in [2.24, 2.45) is 17.1 Å². The molecule has 3 atom stereocenters. The van der Waals surface area contributed by atoms with E-state index in [0.717, 1.165) is 38.5 Å². The number of hydrogen-bond donors (Lipinski definition) is 1. The van der Waals surface area contributed by atoms with Gasteiger partial charge in [0, 0.05) is 0 Å². The van der Waals surface area contributed by atoms with Gasteiger partial charge in [-0.3, -0.25) is 4.79 Å². The van der Waals surface area contributed by atoms with Crippen LogP contribution in [-0.4, -0.2) is 18.1 Å². The molecule has 1 saturated heterocycles. The Bertz CT molecular complexity index is 576. The van der Waals surface area contributed by atoms with Gasteiger partial charge in [0.1, 0.15) is 0 Å². The molecule has 138 valence electrons. The quantitative estimate of drug-likeness (QED) is 0.530. The van der Waals surface area contributed by atoms with Crippen LogP contribution >= 0.6 is 0 Å². The molecular formula is C22H33NO2. The van der Waals surface area contributed by atoms with Gasteiger partial charge in [-0.05, 0) is 38.0 Å². The lowest BCUT2D eigenvalue weighted by atomic mass is 9.55. The van der Waals surface area contributed by atoms with Crippen molar-refractivity contribution in [2.75, 3.05) is 6.61 Å². The van der Waals surface area contributed by atoms with Crippen LogP contribution in [-0.2, 0) is 9.53 Å². The van der Waals surface area contributed by atoms with E-state index in [1.165, 1.54) is 32.1 Å². The lowest BCUT2D eigenvalue weighted by Crippen LogP contribution is -2.69. The summed E-state index contributed by atoms with van der Waals surface area (Å²) in [4.78, 5) is 12.1. The first-order valence-electron chi connectivity index (χ1n) is 9.99. The number of unbranched alkanes of at least 4 members (excludes halogenated alkanes) is 5. The number of ether oxygens (including phenoxy) is 1. The lowest BCUT2D eigenvalue weighted by Gasteiger charge is -2.61. The molecule has 0 aromatic heterocycles. The third kappa shape index (κ3) is 4.21. The van der Waals surface area contributed by atoms with Crippen LogP contribution in [0.25, 0.3) is 0 Å². The molecule has 0 bridgehead atoms. The maximum absolute atomic E-state index is 12.1. The molecule has 3 heteroatoms. The van der Waals surface area contributed by atoms with Gasteiger partial charge < -0.3 is 10.5 Å². The molecule has 1 amide bonds. The number of primary amides is 1. The monoisotopic (exact) mass is 343 g/mol. The summed E-state index contributed by atoms with van der Waals surface area (Å²) < 4.78 is 6.12. The minimum atomic E-state index is -0.469. The second kappa shape index (κ2) is 9.30. The van der Waals surface area contributed by atoms with E-state index in [0.29, 0.717) is 6.61 Å². The number of nitrogens with two attached hydrogens (primary N) is 1. The summed E-state index contributed by atoms with van der Waals surface area (Å²) in [7, 11) is 0. The van der Waals surface area contributed by atoms with Crippen LogP contribution in [0.1, 0.15) is 84.5 Å². The maximum atomic E-state index is 12.1. The van der Waals surface area contributed by atoms with E-state index in [4.69, 9.17) is 10.5 Å². The first kappa shape index (κ1) is 19.9. The molecule has 3 unspecified atom stereocenters. The second-order valence-electron chi connectivity index (χ2n) is 7.60. The lowest BCUT2D eigenvalue weighted by molar-refractivity contribution is -0.277. The van der Waals surface area contributed by atoms with Gasteiger partial charge >= 0.3 is 0 Å². The fourth-order valence-corrected chi connectivity index (χ4v) is 4.60. The molecular weight excluding hydrogens is 310 g/mol. The molecule has 0 aromatic rings. The van der Waals surface area contributed by atoms with Gasteiger partial charge in [-0.2, -0.15) is 0 Å². The summed E-state index contributed by atoms with van der Waals surface area (Å²) in [5.74, 6) is 11.7. The van der Waals surface area contributed by atoms with Crippen molar-refractivity contribution >= 4 is 5.91 Å². The minimum Gasteiger partial charge on any atom is -0.371 e. The highest BCUT2D eigenvalue weighted by Gasteiger charge is 2.65. The summed E-state index contributed by atoms with van der Waals surface area (Å²) >= 11 is 0. The standard InChI is InChI=1S/C22H33NO2/c1-3-5-7-8-9-12-16-21(15-11-6-4-2)18-25-22(21)17-13-10-14-19(22)20(23)24/h19H,3,5,7-10,12-14,16-18H2,1-2H3,(H2,23,24). The molecule has 2 N–H and O–H groups in total. The molecule has 1 heterocycles. The van der Waals surface area contributed by atoms with E-state index >= 15 is 0 Å². The molecule has 0 radical (unpaired) electrons. The van der Waals surface area contributed by atoms with Crippen molar-refractivity contribution in [2.45, 2.75) is 90.1 Å². The summed E-state index contributed by atoms with van der Waals surface area (Å²) in [5, 5.41) is 0. The first-order valence-corrected chi connectivity index (χ1v) is 9.99. The largest absolute Gasteiger partial charge is 0.371 e. The van der Waals surface area contributed by atoms with E-state index in [9.17, 15) is 4.79 Å². The Balaban J connectivity index is 2.13. The van der Waals surface area contributed by atoms with Crippen molar-refractivity contribution in [1.82, 2.24) is 0 Å². The number of carbonyl (C=O) groups is 1. The van der Waals surface area contributed by atoms with Gasteiger partial charge in [-0.1, -0.05) is 70.1 Å². The number of amides is 1. The third-order valence-corrected chi connectivity index (χ3v) is 6.03. The normalized spacial score (nSPS) is 30.6. The molecule has 1 aliphatic heterocycles. The summed E-state index contributed by atoms with van der Waals surface area (Å²) in [5.41, 5.74) is 5.03. The van der Waals surface area contributed by atoms with E-state index in [-0.39, 0.29) is 17.2 Å². The van der Waals surface area contributed by atoms with E-state index < -0.39 is 5.60 Å². The van der Waals surface area contributed by atoms with Gasteiger partial charge in [0.15, 0.2) is 0 Å². The molecule has 1 spiro atoms. The highest BCUT2D eigenvalue weighted by molar-refractivity contribution is 5.78. The van der Waals surface area contributed by atoms with Gasteiger partial charge in [-0.15, -0.1) is 0 Å². The third-order valence-electron chi connectivity index (χ3n) is 6.03.